The van der Waals surface area contributed by atoms with Crippen LogP contribution in [0.5, 0.6) is 0 Å². The summed E-state index contributed by atoms with van der Waals surface area (Å²) in [5.74, 6) is -8.71. The molecule has 69 heavy (non-hydrogen) atoms. The number of hydrogen-bond acceptors (Lipinski definition) is 19. The number of aliphatic hydroxyl groups excluding tert-OH is 4. The van der Waals surface area contributed by atoms with Crippen LogP contribution in [0, 0.1) is 0 Å². The molecule has 16 N–H and O–H groups in total. The Kier molecular flexibility index (Phi) is 25.7. The van der Waals surface area contributed by atoms with E-state index in [1.165, 1.54) is 13.1 Å². The number of nitrogens with one attached hydrogen (secondary N) is 4. The molecular weight excluding hydrogens is 988 g/mol. The first-order valence-corrected chi connectivity index (χ1v) is 21.7. The Bertz CT molecular complexity index is 2130. The van der Waals surface area contributed by atoms with Gasteiger partial charge >= 0.3 is 17.7 Å². The van der Waals surface area contributed by atoms with Gasteiger partial charge < -0.3 is 58.3 Å². The van der Waals surface area contributed by atoms with E-state index >= 15 is 0 Å². The fourth-order valence-corrected chi connectivity index (χ4v) is 8.03. The number of amides is 9. The predicted octanol–water partition coefficient (Wildman–Crippen LogP) is -6.74. The predicted molar refractivity (Wildman–Crippen MR) is 229 cm³/mol. The minimum absolute atomic E-state index is 0. The van der Waals surface area contributed by atoms with Crippen molar-refractivity contribution in [2.45, 2.75) is 118 Å². The number of hydrogen-bond donors (Lipinski definition) is 14. The smallest absolute Gasteiger partial charge is 0.340 e. The van der Waals surface area contributed by atoms with Crippen LogP contribution in [0.3, 0.4) is 0 Å². The molecule has 0 bridgehead atoms. The molecule has 1 aliphatic heterocycles. The zero-order chi connectivity index (χ0) is 51.7. The summed E-state index contributed by atoms with van der Waals surface area (Å²) in [5, 5.41) is 89.5. The van der Waals surface area contributed by atoms with Gasteiger partial charge in [-0.2, -0.15) is 4.99 Å². The number of aromatic nitrogens is 2. The molecule has 0 saturated carbocycles. The number of thioether (sulfide) groups is 1. The molecule has 1 aliphatic rings. The van der Waals surface area contributed by atoms with Crippen molar-refractivity contribution in [3.8, 4) is 0 Å². The Morgan fingerprint density at radius 3 is 1.62 bits per heavy atom. The Morgan fingerprint density at radius 1 is 0.754 bits per heavy atom. The summed E-state index contributed by atoms with van der Waals surface area (Å²) in [6.45, 7) is 1.07. The summed E-state index contributed by atoms with van der Waals surface area (Å²) in [4.78, 5) is 129. The van der Waals surface area contributed by atoms with Crippen LogP contribution in [0.4, 0.5) is 4.79 Å². The van der Waals surface area contributed by atoms with Gasteiger partial charge in [0.25, 0.3) is 0 Å². The van der Waals surface area contributed by atoms with Gasteiger partial charge in [-0.05, 0) is 44.6 Å². The van der Waals surface area contributed by atoms with Crippen molar-refractivity contribution in [1.82, 2.24) is 45.6 Å². The summed E-state index contributed by atoms with van der Waals surface area (Å²) >= 11 is 0.545. The van der Waals surface area contributed by atoms with E-state index in [4.69, 9.17) is 11.5 Å². The van der Waals surface area contributed by atoms with Crippen LogP contribution < -0.4 is 43.9 Å². The minimum Gasteiger partial charge on any atom is -0.480 e. The van der Waals surface area contributed by atoms with E-state index in [2.05, 4.69) is 20.9 Å². The normalized spacial score (nSPS) is 19.3. The fourth-order valence-electron chi connectivity index (χ4n) is 6.46. The van der Waals surface area contributed by atoms with Crippen LogP contribution in [0.1, 0.15) is 64.7 Å². The molecule has 0 aliphatic carbocycles. The second-order valence-corrected chi connectivity index (χ2v) is 16.8. The zero-order valence-electron chi connectivity index (χ0n) is 37.8. The van der Waals surface area contributed by atoms with Gasteiger partial charge in [-0.3, -0.25) is 58.3 Å². The molecule has 0 unspecified atom stereocenters. The van der Waals surface area contributed by atoms with E-state index in [0.29, 0.717) is 27.0 Å². The summed E-state index contributed by atoms with van der Waals surface area (Å²) in [7, 11) is 1.21. The van der Waals surface area contributed by atoms with E-state index < -0.39 is 131 Å². The van der Waals surface area contributed by atoms with Gasteiger partial charge in [0.05, 0.1) is 30.1 Å². The van der Waals surface area contributed by atoms with Gasteiger partial charge in [0.1, 0.15) is 35.1 Å². The van der Waals surface area contributed by atoms with E-state index in [1.54, 1.807) is 0 Å². The molecule has 10 atom stereocenters. The van der Waals surface area contributed by atoms with Gasteiger partial charge in [-0.25, -0.2) is 29.6 Å². The third-order valence-corrected chi connectivity index (χ3v) is 12.0. The molecule has 32 heteroatoms. The van der Waals surface area contributed by atoms with Gasteiger partial charge in [0.2, 0.25) is 41.4 Å². The summed E-state index contributed by atoms with van der Waals surface area (Å²) in [5.41, 5.74) is 9.99. The molecule has 9 amide bonds. The van der Waals surface area contributed by atoms with E-state index in [-0.39, 0.29) is 74.3 Å². The Hall–Kier alpha value is -5.54. The number of carbonyl (C=O) groups excluding carboxylic acids is 8. The van der Waals surface area contributed by atoms with Crippen molar-refractivity contribution in [1.29, 1.82) is 0 Å². The first kappa shape index (κ1) is 61.5. The molecule has 1 aromatic heterocycles. The summed E-state index contributed by atoms with van der Waals surface area (Å²) in [6, 6.07) is -8.79. The number of aliphatic carboxylic acids is 1. The van der Waals surface area contributed by atoms with Crippen LogP contribution in [-0.2, 0) is 62.5 Å². The molecule has 0 spiro atoms. The molecule has 0 radical (unpaired) electrons. The minimum atomic E-state index is -2.31. The standard InChI is InChI=1S/C37H60N12O18S.Fe/c1-17(51)47(65)12-5-8-20(38)30(57)40-21(9-6-13-48(66)18(2)52)31(58)41-22(10-7-14-49(67)19(3)53)32(59)42-23(16-50)33(60)44-25(35(61)62)26(54)29-27(55)28(56)34(68-29)46-15-11-24(43-36(39)63)45(4)37(46)64;/h11,15,20-23,25-29,34,50,54-56,65-67H,5-10,12-14,16,38H2,1-4H3,(H2,39,63)(H,40,57)(H,41,58)(H,42,59)(H,44,60)(H,61,62);/t20-,21-,22+,23+,25+,26-,27+,28+,29-,34+;/m0./s1. The monoisotopic (exact) mass is 1050 g/mol. The van der Waals surface area contributed by atoms with Crippen molar-refractivity contribution in [3.63, 3.8) is 0 Å². The zero-order valence-corrected chi connectivity index (χ0v) is 39.7. The maximum absolute atomic E-state index is 13.8. The van der Waals surface area contributed by atoms with E-state index in [1.807, 2.05) is 5.32 Å². The van der Waals surface area contributed by atoms with Gasteiger partial charge in [-0.1, -0.05) is 0 Å². The van der Waals surface area contributed by atoms with Crippen molar-refractivity contribution >= 4 is 65.1 Å². The van der Waals surface area contributed by atoms with Gasteiger partial charge in [-0.15, -0.1) is 11.8 Å². The number of aliphatic hydroxyl groups is 4. The van der Waals surface area contributed by atoms with Crippen LogP contribution in [0.15, 0.2) is 22.1 Å². The first-order valence-electron chi connectivity index (χ1n) is 20.8. The fraction of sp³-hybridized carbons (Fsp3) is 0.649. The van der Waals surface area contributed by atoms with Crippen molar-refractivity contribution in [2.24, 2.45) is 23.5 Å². The molecule has 2 rings (SSSR count). The molecular formula is C37H60FeN12O18S. The quantitative estimate of drug-likeness (QED) is 0.0246. The maximum atomic E-state index is 13.8. The Balaban J connectivity index is 0.0000238. The maximum Gasteiger partial charge on any atom is 0.340 e. The number of carbonyl (C=O) groups is 9. The average Bonchev–Trinajstić information content (AvgIpc) is 3.56. The van der Waals surface area contributed by atoms with Gasteiger partial charge in [0, 0.05) is 70.7 Å². The second kappa shape index (κ2) is 28.8. The first-order chi connectivity index (χ1) is 31.7. The molecule has 1 saturated heterocycles. The van der Waals surface area contributed by atoms with Crippen LogP contribution in [0.2, 0.25) is 0 Å². The number of rotatable bonds is 25. The molecule has 2 heterocycles. The number of primary amides is 1. The Labute approximate surface area is 407 Å². The molecule has 30 nitrogen and oxygen atoms in total. The van der Waals surface area contributed by atoms with E-state index in [9.17, 15) is 89.1 Å². The third kappa shape index (κ3) is 18.4. The largest absolute Gasteiger partial charge is 0.480 e. The van der Waals surface area contributed by atoms with Crippen LogP contribution >= 0.6 is 11.8 Å². The number of hydroxylamine groups is 6. The van der Waals surface area contributed by atoms with Crippen molar-refractivity contribution in [3.05, 3.63) is 28.2 Å². The number of nitrogens with zero attached hydrogens (tertiary/aromatic N) is 6. The van der Waals surface area contributed by atoms with E-state index in [0.717, 1.165) is 36.1 Å². The topological polar surface area (TPSA) is 465 Å². The molecule has 1 aromatic rings. The number of carboxylic acid groups (broad SMARTS) is 1. The SMILES string of the molecule is CC(=O)N(O)CCC[C@H](NC(=O)[C@@H](N)CCCN(O)C(C)=O)C(=O)N[C@H](CCCN(O)C(C)=O)C(=O)N[C@H](CO)C(=O)N[C@@H](C(=O)O)[C@H](O)[C@@H]1S[C@@H](n2ccc(=NC(N)=O)n(C)c2=O)[C@H](O)[C@H]1O.[Fe]. The second-order valence-electron chi connectivity index (χ2n) is 15.5. The molecule has 1 fully saturated rings. The summed E-state index contributed by atoms with van der Waals surface area (Å²) < 4.78 is 1.78. The number of nitrogens with two attached hydrogens (primary N) is 2. The number of urea groups is 1. The van der Waals surface area contributed by atoms with Crippen LogP contribution in [0.25, 0.3) is 0 Å². The third-order valence-electron chi connectivity index (χ3n) is 10.4. The summed E-state index contributed by atoms with van der Waals surface area (Å²) in [6.07, 6.45) is -5.91. The average molecular weight is 1050 g/mol. The number of carboxylic acids is 1. The van der Waals surface area contributed by atoms with Gasteiger partial charge in [0.15, 0.2) is 6.04 Å². The van der Waals surface area contributed by atoms with Crippen LogP contribution in [-0.4, -0.2) is 199 Å². The molecule has 390 valence electrons. The Morgan fingerprint density at radius 2 is 1.19 bits per heavy atom. The van der Waals surface area contributed by atoms with Crippen molar-refractivity contribution < 1.29 is 101 Å². The molecule has 0 aromatic carbocycles. The van der Waals surface area contributed by atoms with Crippen molar-refractivity contribution in [2.75, 3.05) is 26.2 Å².